The van der Waals surface area contributed by atoms with Crippen LogP contribution in [0.25, 0.3) is 5.57 Å². The van der Waals surface area contributed by atoms with E-state index in [4.69, 9.17) is 9.47 Å². The van der Waals surface area contributed by atoms with E-state index in [1.807, 2.05) is 0 Å². The van der Waals surface area contributed by atoms with E-state index in [1.54, 1.807) is 32.0 Å². The van der Waals surface area contributed by atoms with Crippen molar-refractivity contribution in [3.63, 3.8) is 0 Å². The Morgan fingerprint density at radius 3 is 2.61 bits per heavy atom. The lowest BCUT2D eigenvalue weighted by molar-refractivity contribution is -0.142. The van der Waals surface area contributed by atoms with Gasteiger partial charge in [0.2, 0.25) is 0 Å². The van der Waals surface area contributed by atoms with Gasteiger partial charge in [-0.15, -0.1) is 0 Å². The highest BCUT2D eigenvalue weighted by atomic mass is 32.2. The summed E-state index contributed by atoms with van der Waals surface area (Å²) in [5, 5.41) is 1.85. The molecule has 1 fully saturated rings. The van der Waals surface area contributed by atoms with Gasteiger partial charge in [0.15, 0.2) is 0 Å². The van der Waals surface area contributed by atoms with E-state index in [0.29, 0.717) is 28.4 Å². The van der Waals surface area contributed by atoms with E-state index in [1.165, 1.54) is 7.11 Å². The molecule has 0 atom stereocenters. The number of hydrogen-bond acceptors (Lipinski definition) is 6. The van der Waals surface area contributed by atoms with Gasteiger partial charge < -0.3 is 9.47 Å². The molecule has 122 valence electrons. The molecule has 1 aromatic rings. The minimum absolute atomic E-state index is 0.0751. The molecule has 0 aliphatic carbocycles. The van der Waals surface area contributed by atoms with Crippen molar-refractivity contribution in [2.75, 3.05) is 13.7 Å². The summed E-state index contributed by atoms with van der Waals surface area (Å²) >= 11 is 0.872. The van der Waals surface area contributed by atoms with Crippen molar-refractivity contribution in [3.05, 3.63) is 34.2 Å². The molecule has 0 spiro atoms. The highest BCUT2D eigenvalue weighted by molar-refractivity contribution is 8.18. The Kier molecular flexibility index (Phi) is 5.44. The third kappa shape index (κ3) is 3.92. The predicted octanol–water partition coefficient (Wildman–Crippen LogP) is 2.51. The van der Waals surface area contributed by atoms with Crippen LogP contribution in [-0.4, -0.2) is 30.8 Å². The van der Waals surface area contributed by atoms with Gasteiger partial charge in [-0.05, 0) is 48.9 Å². The second-order valence-electron chi connectivity index (χ2n) is 4.81. The molecule has 2 rings (SSSR count). The van der Waals surface area contributed by atoms with Gasteiger partial charge in [0.05, 0.1) is 25.0 Å². The first-order valence-electron chi connectivity index (χ1n) is 7.03. The Labute approximate surface area is 138 Å². The van der Waals surface area contributed by atoms with Crippen LogP contribution in [0.2, 0.25) is 0 Å². The number of thioether (sulfide) groups is 1. The minimum Gasteiger partial charge on any atom is -0.496 e. The van der Waals surface area contributed by atoms with Gasteiger partial charge in [-0.25, -0.2) is 0 Å². The van der Waals surface area contributed by atoms with Crippen LogP contribution in [0.4, 0.5) is 4.79 Å². The first kappa shape index (κ1) is 17.1. The second kappa shape index (κ2) is 7.32. The molecular weight excluding hydrogens is 318 g/mol. The quantitative estimate of drug-likeness (QED) is 0.658. The van der Waals surface area contributed by atoms with Crippen molar-refractivity contribution in [2.24, 2.45) is 0 Å². The van der Waals surface area contributed by atoms with Crippen LogP contribution < -0.4 is 10.1 Å². The van der Waals surface area contributed by atoms with E-state index in [9.17, 15) is 14.4 Å². The monoisotopic (exact) mass is 335 g/mol. The van der Waals surface area contributed by atoms with Crippen LogP contribution in [0.1, 0.15) is 25.0 Å². The fourth-order valence-electron chi connectivity index (χ4n) is 2.21. The summed E-state index contributed by atoms with van der Waals surface area (Å²) in [4.78, 5) is 35.1. The average molecular weight is 335 g/mol. The standard InChI is InChI=1S/C16H17NO5S/c1-4-22-13(18)8-11-7-10(5-6-12(11)21-3)9(2)14-15(19)17-16(20)23-14/h5-7H,4,8H2,1-3H3,(H,17,19,20)/b14-9+. The number of methoxy groups -OCH3 is 1. The van der Waals surface area contributed by atoms with Crippen molar-refractivity contribution in [1.29, 1.82) is 0 Å². The lowest BCUT2D eigenvalue weighted by Crippen LogP contribution is -2.18. The van der Waals surface area contributed by atoms with E-state index in [2.05, 4.69) is 5.32 Å². The molecule has 1 aromatic carbocycles. The molecule has 0 aromatic heterocycles. The van der Waals surface area contributed by atoms with Gasteiger partial charge in [0.25, 0.3) is 11.1 Å². The van der Waals surface area contributed by atoms with E-state index in [-0.39, 0.29) is 17.6 Å². The van der Waals surface area contributed by atoms with Gasteiger partial charge in [-0.3, -0.25) is 19.7 Å². The molecule has 6 nitrogen and oxygen atoms in total. The van der Waals surface area contributed by atoms with Gasteiger partial charge in [0.1, 0.15) is 5.75 Å². The molecule has 0 bridgehead atoms. The molecular formula is C16H17NO5S. The minimum atomic E-state index is -0.403. The Morgan fingerprint density at radius 2 is 2.04 bits per heavy atom. The van der Waals surface area contributed by atoms with Crippen LogP contribution in [0, 0.1) is 0 Å². The first-order valence-corrected chi connectivity index (χ1v) is 7.84. The SMILES string of the molecule is CCOC(=O)Cc1cc(/C(C)=C2/SC(=O)NC2=O)ccc1OC. The highest BCUT2D eigenvalue weighted by Crippen LogP contribution is 2.33. The number of nitrogens with one attached hydrogen (secondary N) is 1. The van der Waals surface area contributed by atoms with Crippen LogP contribution in [0.3, 0.4) is 0 Å². The maximum atomic E-state index is 11.8. The zero-order valence-corrected chi connectivity index (χ0v) is 13.9. The Bertz CT molecular complexity index is 696. The molecule has 7 heteroatoms. The summed E-state index contributed by atoms with van der Waals surface area (Å²) in [5.41, 5.74) is 2.08. The number of carbonyl (C=O) groups is 3. The van der Waals surface area contributed by atoms with Crippen molar-refractivity contribution in [3.8, 4) is 5.75 Å². The van der Waals surface area contributed by atoms with Gasteiger partial charge >= 0.3 is 5.97 Å². The number of amides is 2. The Hall–Kier alpha value is -2.28. The van der Waals surface area contributed by atoms with Crippen LogP contribution in [0.5, 0.6) is 5.75 Å². The Morgan fingerprint density at radius 1 is 1.30 bits per heavy atom. The molecule has 0 unspecified atom stereocenters. The number of allylic oxidation sites excluding steroid dienone is 1. The lowest BCUT2D eigenvalue weighted by Gasteiger charge is -2.11. The van der Waals surface area contributed by atoms with Gasteiger partial charge in [-0.1, -0.05) is 6.07 Å². The van der Waals surface area contributed by atoms with Crippen LogP contribution >= 0.6 is 11.8 Å². The molecule has 1 aliphatic rings. The molecule has 0 radical (unpaired) electrons. The van der Waals surface area contributed by atoms with Crippen molar-refractivity contribution in [1.82, 2.24) is 5.32 Å². The lowest BCUT2D eigenvalue weighted by atomic mass is 10.0. The largest absolute Gasteiger partial charge is 0.496 e. The molecule has 1 aliphatic heterocycles. The smallest absolute Gasteiger partial charge is 0.310 e. The zero-order chi connectivity index (χ0) is 17.0. The predicted molar refractivity (Wildman–Crippen MR) is 87.1 cm³/mol. The normalized spacial score (nSPS) is 16.1. The fraction of sp³-hybridized carbons (Fsp3) is 0.312. The van der Waals surface area contributed by atoms with E-state index < -0.39 is 5.91 Å². The maximum absolute atomic E-state index is 11.8. The topological polar surface area (TPSA) is 81.7 Å². The van der Waals surface area contributed by atoms with Gasteiger partial charge in [-0.2, -0.15) is 0 Å². The molecule has 2 amide bonds. The van der Waals surface area contributed by atoms with E-state index >= 15 is 0 Å². The number of esters is 1. The second-order valence-corrected chi connectivity index (χ2v) is 5.79. The number of imide groups is 1. The summed E-state index contributed by atoms with van der Waals surface area (Å²) < 4.78 is 10.2. The third-order valence-electron chi connectivity index (χ3n) is 3.31. The Balaban J connectivity index is 2.37. The molecule has 23 heavy (non-hydrogen) atoms. The number of rotatable bonds is 5. The third-order valence-corrected chi connectivity index (χ3v) is 4.29. The zero-order valence-electron chi connectivity index (χ0n) is 13.1. The molecule has 1 heterocycles. The maximum Gasteiger partial charge on any atom is 0.310 e. The van der Waals surface area contributed by atoms with Crippen LogP contribution in [0.15, 0.2) is 23.1 Å². The van der Waals surface area contributed by atoms with Crippen LogP contribution in [-0.2, 0) is 20.7 Å². The fourth-order valence-corrected chi connectivity index (χ4v) is 2.95. The number of hydrogen-bond donors (Lipinski definition) is 1. The number of ether oxygens (including phenoxy) is 2. The molecule has 0 saturated carbocycles. The molecule has 1 saturated heterocycles. The number of benzene rings is 1. The van der Waals surface area contributed by atoms with Crippen molar-refractivity contribution >= 4 is 34.5 Å². The summed E-state index contributed by atoms with van der Waals surface area (Å²) in [5.74, 6) is -0.184. The van der Waals surface area contributed by atoms with Gasteiger partial charge in [0, 0.05) is 5.56 Å². The van der Waals surface area contributed by atoms with Crippen molar-refractivity contribution < 1.29 is 23.9 Å². The summed E-state index contributed by atoms with van der Waals surface area (Å²) in [7, 11) is 1.52. The molecule has 1 N–H and O–H groups in total. The first-order chi connectivity index (χ1) is 11.0. The summed E-state index contributed by atoms with van der Waals surface area (Å²) in [6.45, 7) is 3.81. The summed E-state index contributed by atoms with van der Waals surface area (Å²) in [6, 6.07) is 5.29. The van der Waals surface area contributed by atoms with Crippen molar-refractivity contribution in [2.45, 2.75) is 20.3 Å². The van der Waals surface area contributed by atoms with E-state index in [0.717, 1.165) is 17.3 Å². The number of carbonyl (C=O) groups excluding carboxylic acids is 3. The average Bonchev–Trinajstić information content (AvgIpc) is 2.85. The highest BCUT2D eigenvalue weighted by Gasteiger charge is 2.27. The summed E-state index contributed by atoms with van der Waals surface area (Å²) in [6.07, 6.45) is 0.0751.